The van der Waals surface area contributed by atoms with Crippen LogP contribution >= 0.6 is 0 Å². The van der Waals surface area contributed by atoms with E-state index < -0.39 is 28.1 Å². The maximum atomic E-state index is 16.0. The lowest BCUT2D eigenvalue weighted by atomic mass is 9.31. The number of nitrogens with two attached hydrogens (primary N) is 1. The van der Waals surface area contributed by atoms with E-state index in [1.807, 2.05) is 32.2 Å². The Morgan fingerprint density at radius 1 is 0.836 bits per heavy atom. The molecule has 73 heavy (non-hydrogen) atoms. The third-order valence-corrected chi connectivity index (χ3v) is 23.4. The molecular formula is C64H93N3O6. The van der Waals surface area contributed by atoms with Crippen molar-refractivity contribution in [2.24, 2.45) is 57.2 Å². The number of aromatic hydroxyl groups is 1. The van der Waals surface area contributed by atoms with Gasteiger partial charge in [-0.1, -0.05) is 102 Å². The van der Waals surface area contributed by atoms with Crippen LogP contribution in [0.3, 0.4) is 0 Å². The number of carbonyl (C=O) groups is 2. The van der Waals surface area contributed by atoms with Gasteiger partial charge < -0.3 is 36.4 Å². The number of epoxide rings is 1. The number of phenols is 1. The van der Waals surface area contributed by atoms with Crippen LogP contribution in [-0.2, 0) is 20.9 Å². The lowest BCUT2D eigenvalue weighted by Gasteiger charge is -2.73. The molecule has 9 nitrogen and oxygen atoms in total. The van der Waals surface area contributed by atoms with Gasteiger partial charge in [-0.2, -0.15) is 0 Å². The molecule has 9 heteroatoms. The number of hydrogen-bond donors (Lipinski definition) is 6. The van der Waals surface area contributed by atoms with Gasteiger partial charge in [-0.15, -0.1) is 0 Å². The van der Waals surface area contributed by atoms with E-state index in [0.717, 1.165) is 112 Å². The lowest BCUT2D eigenvalue weighted by molar-refractivity contribution is -0.226. The zero-order chi connectivity index (χ0) is 51.3. The summed E-state index contributed by atoms with van der Waals surface area (Å²) in [6, 6.07) is 14.3. The Kier molecular flexibility index (Phi) is 13.8. The zero-order valence-electron chi connectivity index (χ0n) is 45.7. The van der Waals surface area contributed by atoms with Crippen LogP contribution in [-0.4, -0.2) is 69.9 Å². The Balaban J connectivity index is 1.01. The van der Waals surface area contributed by atoms with Crippen molar-refractivity contribution >= 4 is 17.3 Å². The number of β-amino-alcohol motifs (C(OH)–C–C–N with tert-alkyl or cyclic N) is 1. The number of nitrogens with one attached hydrogen (secondary N) is 2. The standard InChI is InChI=1S/C64H93N3O6/c1-59(72)27-13-14-28-60(2)56-51(67-38-59)35-62(4)54(64(56,43-20-11-8-12-21-43)34-48(57(60)71)42-29-39(37-66-6)30-45(68)32-42)26-25-50-55(53(70)36-61(50,62)3)47(40-17-9-7-10-18-40)33-52(69)58-63(5,73-58)49-24-16-23-46(49)41-19-15-22-44(65)31-41/h15,19,22,29-32,40,43,46-49,51-52,54,56,58,66-69,72H,7-14,16-18,20-21,23-28,33-38,65H2,1-6H3. The molecule has 15 atom stereocenters. The molecule has 2 aromatic rings. The second-order valence-electron chi connectivity index (χ2n) is 27.5. The van der Waals surface area contributed by atoms with Gasteiger partial charge in [0.15, 0.2) is 5.78 Å². The fraction of sp³-hybridized carbons (Fsp3) is 0.750. The van der Waals surface area contributed by atoms with Crippen molar-refractivity contribution < 1.29 is 29.6 Å². The number of fused-ring (bicyclic) bond motifs is 4. The molecule has 6 saturated carbocycles. The number of carbonyl (C=O) groups excluding carboxylic acids is 2. The Bertz CT molecular complexity index is 2440. The molecule has 2 aromatic carbocycles. The summed E-state index contributed by atoms with van der Waals surface area (Å²) in [6.45, 7) is 12.8. The summed E-state index contributed by atoms with van der Waals surface area (Å²) >= 11 is 0. The Hall–Kier alpha value is -3.08. The fourth-order valence-corrected chi connectivity index (χ4v) is 20.1. The van der Waals surface area contributed by atoms with Gasteiger partial charge >= 0.3 is 0 Å². The van der Waals surface area contributed by atoms with Gasteiger partial charge in [0.05, 0.1) is 17.3 Å². The molecule has 0 radical (unpaired) electrons. The summed E-state index contributed by atoms with van der Waals surface area (Å²) in [5.74, 6) is 2.32. The van der Waals surface area contributed by atoms with Crippen molar-refractivity contribution in [2.45, 2.75) is 230 Å². The zero-order valence-corrected chi connectivity index (χ0v) is 45.7. The average molecular weight is 1000 g/mol. The van der Waals surface area contributed by atoms with Gasteiger partial charge in [0.25, 0.3) is 0 Å². The summed E-state index contributed by atoms with van der Waals surface area (Å²) in [5, 5.41) is 43.5. The number of benzene rings is 2. The van der Waals surface area contributed by atoms with Gasteiger partial charge in [0.2, 0.25) is 0 Å². The predicted molar refractivity (Wildman–Crippen MR) is 290 cm³/mol. The first-order valence-electron chi connectivity index (χ1n) is 29.8. The number of ketones is 2. The number of anilines is 1. The van der Waals surface area contributed by atoms with Crippen LogP contribution in [0.2, 0.25) is 0 Å². The summed E-state index contributed by atoms with van der Waals surface area (Å²) in [6.07, 6.45) is 21.9. The molecule has 0 amide bonds. The van der Waals surface area contributed by atoms with Gasteiger partial charge in [-0.05, 0) is 203 Å². The monoisotopic (exact) mass is 1000 g/mol. The molecule has 15 unspecified atom stereocenters. The van der Waals surface area contributed by atoms with Crippen LogP contribution in [0, 0.1) is 57.2 Å². The number of ether oxygens (including phenoxy) is 1. The SMILES string of the molecule is CNCc1cc(O)cc(C2CC3(C4CCCCC4)C4C(CC5(C)C3CCC3=C(C(CC(O)C6OC6(C)C6CCCC6c6cccc(N)c6)C6CCCCC6)C(=O)CC35C)NCC(C)(O)CCCCC4(C)C2=O)c1. The molecule has 2 aliphatic heterocycles. The summed E-state index contributed by atoms with van der Waals surface area (Å²) in [4.78, 5) is 31.7. The number of Topliss-reactive ketones (excluding diaryl/α,β-unsaturated/α-hetero) is 2. The Morgan fingerprint density at radius 3 is 2.32 bits per heavy atom. The first-order chi connectivity index (χ1) is 34.9. The maximum absolute atomic E-state index is 16.0. The molecule has 0 spiro atoms. The van der Waals surface area contributed by atoms with Crippen LogP contribution in [0.1, 0.15) is 211 Å². The molecule has 9 aliphatic rings. The van der Waals surface area contributed by atoms with E-state index in [9.17, 15) is 15.3 Å². The molecule has 11 rings (SSSR count). The van der Waals surface area contributed by atoms with E-state index in [4.69, 9.17) is 10.5 Å². The van der Waals surface area contributed by atoms with Crippen molar-refractivity contribution in [3.8, 4) is 5.75 Å². The van der Waals surface area contributed by atoms with Crippen molar-refractivity contribution in [1.29, 1.82) is 0 Å². The quantitative estimate of drug-likeness (QED) is 0.0952. The van der Waals surface area contributed by atoms with Gasteiger partial charge in [0, 0.05) is 48.0 Å². The minimum absolute atomic E-state index is 0.00965. The van der Waals surface area contributed by atoms with E-state index in [0.29, 0.717) is 67.6 Å². The van der Waals surface area contributed by atoms with E-state index in [2.05, 4.69) is 62.6 Å². The highest BCUT2D eigenvalue weighted by Gasteiger charge is 2.75. The van der Waals surface area contributed by atoms with Crippen LogP contribution in [0.5, 0.6) is 5.75 Å². The largest absolute Gasteiger partial charge is 0.508 e. The number of aliphatic hydroxyl groups excluding tert-OH is 1. The molecule has 400 valence electrons. The minimum Gasteiger partial charge on any atom is -0.508 e. The first-order valence-corrected chi connectivity index (χ1v) is 29.8. The molecule has 0 aromatic heterocycles. The molecule has 7 aliphatic carbocycles. The maximum Gasteiger partial charge on any atom is 0.160 e. The van der Waals surface area contributed by atoms with Crippen molar-refractivity contribution in [3.63, 3.8) is 0 Å². The third-order valence-electron chi connectivity index (χ3n) is 23.4. The van der Waals surface area contributed by atoms with Crippen molar-refractivity contribution in [2.75, 3.05) is 19.3 Å². The number of rotatable bonds is 11. The number of phenolic OH excluding ortho intramolecular Hbond substituents is 1. The lowest BCUT2D eigenvalue weighted by Crippen LogP contribution is -2.73. The molecular weight excluding hydrogens is 907 g/mol. The highest BCUT2D eigenvalue weighted by atomic mass is 16.6. The van der Waals surface area contributed by atoms with E-state index in [1.165, 1.54) is 49.7 Å². The van der Waals surface area contributed by atoms with Crippen molar-refractivity contribution in [3.05, 3.63) is 70.3 Å². The number of aliphatic hydroxyl groups is 2. The van der Waals surface area contributed by atoms with Crippen LogP contribution in [0.4, 0.5) is 5.69 Å². The topological polar surface area (TPSA) is 157 Å². The van der Waals surface area contributed by atoms with Gasteiger partial charge in [0.1, 0.15) is 17.6 Å². The molecule has 7 N–H and O–H groups in total. The smallest absolute Gasteiger partial charge is 0.160 e. The van der Waals surface area contributed by atoms with E-state index in [1.54, 1.807) is 0 Å². The summed E-state index contributed by atoms with van der Waals surface area (Å²) < 4.78 is 6.76. The van der Waals surface area contributed by atoms with Gasteiger partial charge in [-0.3, -0.25) is 9.59 Å². The fourth-order valence-electron chi connectivity index (χ4n) is 20.1. The number of allylic oxidation sites excluding steroid dienone is 2. The first kappa shape index (κ1) is 52.0. The molecule has 2 heterocycles. The molecule has 2 saturated heterocycles. The van der Waals surface area contributed by atoms with Crippen LogP contribution in [0.15, 0.2) is 53.6 Å². The summed E-state index contributed by atoms with van der Waals surface area (Å²) in [7, 11) is 1.93. The van der Waals surface area contributed by atoms with Crippen molar-refractivity contribution in [1.82, 2.24) is 10.6 Å². The summed E-state index contributed by atoms with van der Waals surface area (Å²) in [5.41, 5.74) is 10.0. The molecule has 8 fully saturated rings. The Labute approximate surface area is 438 Å². The predicted octanol–water partition coefficient (Wildman–Crippen LogP) is 12.0. The van der Waals surface area contributed by atoms with Crippen LogP contribution in [0.25, 0.3) is 0 Å². The highest BCUT2D eigenvalue weighted by Crippen LogP contribution is 2.78. The normalized spacial score (nSPS) is 42.2. The average Bonchev–Trinajstić information content (AvgIpc) is 3.66. The second kappa shape index (κ2) is 19.4. The number of hydrogen-bond acceptors (Lipinski definition) is 9. The molecule has 0 bridgehead atoms. The third kappa shape index (κ3) is 8.65. The highest BCUT2D eigenvalue weighted by molar-refractivity contribution is 6.01. The minimum atomic E-state index is -0.868. The number of nitrogen functional groups attached to an aromatic ring is 1. The van der Waals surface area contributed by atoms with E-state index in [-0.39, 0.29) is 52.4 Å². The van der Waals surface area contributed by atoms with Crippen LogP contribution < -0.4 is 16.4 Å². The second-order valence-corrected chi connectivity index (χ2v) is 27.5. The van der Waals surface area contributed by atoms with Gasteiger partial charge in [-0.25, -0.2) is 0 Å². The Morgan fingerprint density at radius 2 is 1.58 bits per heavy atom. The van der Waals surface area contributed by atoms with E-state index >= 15 is 9.59 Å².